The topological polar surface area (TPSA) is 49.0 Å². The number of benzene rings is 1. The average Bonchev–Trinajstić information content (AvgIpc) is 2.72. The lowest BCUT2D eigenvalue weighted by atomic mass is 10.2. The normalized spacial score (nSPS) is 9.94. The van der Waals surface area contributed by atoms with Crippen molar-refractivity contribution in [2.24, 2.45) is 0 Å². The highest BCUT2D eigenvalue weighted by atomic mass is 19.1. The third-order valence-corrected chi connectivity index (χ3v) is 2.53. The van der Waals surface area contributed by atoms with Crippen molar-refractivity contribution >= 4 is 5.69 Å². The van der Waals surface area contributed by atoms with Crippen molar-refractivity contribution in [3.63, 3.8) is 0 Å². The van der Waals surface area contributed by atoms with Gasteiger partial charge in [-0.25, -0.2) is 4.39 Å². The van der Waals surface area contributed by atoms with E-state index in [-0.39, 0.29) is 5.56 Å². The van der Waals surface area contributed by atoms with Gasteiger partial charge in [0.2, 0.25) is 0 Å². The van der Waals surface area contributed by atoms with Crippen LogP contribution in [0.3, 0.4) is 0 Å². The Hall–Kier alpha value is -2.28. The molecule has 4 heteroatoms. The summed E-state index contributed by atoms with van der Waals surface area (Å²) < 4.78 is 18.6. The first-order valence-corrected chi connectivity index (χ1v) is 5.18. The van der Waals surface area contributed by atoms with Crippen LogP contribution in [0.4, 0.5) is 10.1 Å². The number of halogens is 1. The van der Waals surface area contributed by atoms with Crippen molar-refractivity contribution in [1.29, 1.82) is 5.26 Å². The fourth-order valence-electron chi connectivity index (χ4n) is 1.55. The summed E-state index contributed by atoms with van der Waals surface area (Å²) in [6.45, 7) is 2.36. The van der Waals surface area contributed by atoms with Crippen molar-refractivity contribution in [2.75, 3.05) is 5.32 Å². The highest BCUT2D eigenvalue weighted by Crippen LogP contribution is 2.19. The van der Waals surface area contributed by atoms with E-state index in [2.05, 4.69) is 5.32 Å². The Balaban J connectivity index is 2.18. The SMILES string of the molecule is Cc1ccoc1CNc1cccc(F)c1C#N. The summed E-state index contributed by atoms with van der Waals surface area (Å²) in [5, 5.41) is 11.8. The molecule has 0 bridgehead atoms. The zero-order chi connectivity index (χ0) is 12.3. The van der Waals surface area contributed by atoms with Crippen molar-refractivity contribution < 1.29 is 8.81 Å². The molecule has 0 unspecified atom stereocenters. The van der Waals surface area contributed by atoms with Gasteiger partial charge in [0.15, 0.2) is 0 Å². The Labute approximate surface area is 98.5 Å². The zero-order valence-electron chi connectivity index (χ0n) is 9.33. The first-order chi connectivity index (χ1) is 8.22. The Bertz CT molecular complexity index is 569. The lowest BCUT2D eigenvalue weighted by Crippen LogP contribution is -2.02. The molecule has 86 valence electrons. The summed E-state index contributed by atoms with van der Waals surface area (Å²) in [5.41, 5.74) is 1.52. The zero-order valence-corrected chi connectivity index (χ0v) is 9.33. The molecule has 1 N–H and O–H groups in total. The molecule has 0 atom stereocenters. The molecule has 2 aromatic rings. The number of nitriles is 1. The van der Waals surface area contributed by atoms with E-state index in [0.717, 1.165) is 11.3 Å². The molecule has 0 amide bonds. The van der Waals surface area contributed by atoms with Crippen LogP contribution in [-0.2, 0) is 6.54 Å². The number of furan rings is 1. The van der Waals surface area contributed by atoms with Gasteiger partial charge in [-0.15, -0.1) is 0 Å². The molecule has 17 heavy (non-hydrogen) atoms. The standard InChI is InChI=1S/C13H11FN2O/c1-9-5-6-17-13(9)8-16-12-4-2-3-11(14)10(12)7-15/h2-6,16H,8H2,1H3. The molecule has 0 aliphatic heterocycles. The lowest BCUT2D eigenvalue weighted by molar-refractivity contribution is 0.515. The molecule has 3 nitrogen and oxygen atoms in total. The maximum absolute atomic E-state index is 13.3. The number of nitrogens with zero attached hydrogens (tertiary/aromatic N) is 1. The Morgan fingerprint density at radius 1 is 1.41 bits per heavy atom. The first-order valence-electron chi connectivity index (χ1n) is 5.18. The minimum Gasteiger partial charge on any atom is -0.467 e. The quantitative estimate of drug-likeness (QED) is 0.880. The van der Waals surface area contributed by atoms with Gasteiger partial charge in [-0.3, -0.25) is 0 Å². The summed E-state index contributed by atoms with van der Waals surface area (Å²) in [6.07, 6.45) is 1.60. The second-order valence-electron chi connectivity index (χ2n) is 3.65. The second-order valence-corrected chi connectivity index (χ2v) is 3.65. The van der Waals surface area contributed by atoms with E-state index in [1.54, 1.807) is 18.4 Å². The molecule has 0 aliphatic rings. The van der Waals surface area contributed by atoms with E-state index < -0.39 is 5.82 Å². The summed E-state index contributed by atoms with van der Waals surface area (Å²) in [6, 6.07) is 8.19. The predicted molar refractivity (Wildman–Crippen MR) is 61.9 cm³/mol. The summed E-state index contributed by atoms with van der Waals surface area (Å²) in [4.78, 5) is 0. The molecule has 2 rings (SSSR count). The largest absolute Gasteiger partial charge is 0.467 e. The lowest BCUT2D eigenvalue weighted by Gasteiger charge is -2.07. The number of hydrogen-bond acceptors (Lipinski definition) is 3. The van der Waals surface area contributed by atoms with Crippen molar-refractivity contribution in [1.82, 2.24) is 0 Å². The highest BCUT2D eigenvalue weighted by molar-refractivity contribution is 5.57. The van der Waals surface area contributed by atoms with Crippen LogP contribution >= 0.6 is 0 Å². The minimum atomic E-state index is -0.520. The van der Waals surface area contributed by atoms with Crippen LogP contribution in [0.5, 0.6) is 0 Å². The van der Waals surface area contributed by atoms with Crippen molar-refractivity contribution in [2.45, 2.75) is 13.5 Å². The van der Waals surface area contributed by atoms with E-state index in [1.807, 2.05) is 19.1 Å². The van der Waals surface area contributed by atoms with Gasteiger partial charge in [0.05, 0.1) is 18.5 Å². The van der Waals surface area contributed by atoms with E-state index in [4.69, 9.17) is 9.68 Å². The van der Waals surface area contributed by atoms with E-state index in [9.17, 15) is 4.39 Å². The van der Waals surface area contributed by atoms with Gasteiger partial charge in [-0.2, -0.15) is 5.26 Å². The smallest absolute Gasteiger partial charge is 0.143 e. The molecule has 0 radical (unpaired) electrons. The molecule has 0 saturated heterocycles. The minimum absolute atomic E-state index is 0.0247. The van der Waals surface area contributed by atoms with Crippen molar-refractivity contribution in [3.8, 4) is 6.07 Å². The maximum atomic E-state index is 13.3. The van der Waals surface area contributed by atoms with Gasteiger partial charge in [-0.05, 0) is 30.7 Å². The van der Waals surface area contributed by atoms with Crippen LogP contribution in [0, 0.1) is 24.1 Å². The molecule has 1 aromatic heterocycles. The van der Waals surface area contributed by atoms with Crippen molar-refractivity contribution in [3.05, 3.63) is 53.2 Å². The second kappa shape index (κ2) is 4.71. The molecule has 0 spiro atoms. The van der Waals surface area contributed by atoms with Gasteiger partial charge in [0.1, 0.15) is 23.2 Å². The van der Waals surface area contributed by atoms with Crippen LogP contribution < -0.4 is 5.32 Å². The Morgan fingerprint density at radius 3 is 2.88 bits per heavy atom. The van der Waals surface area contributed by atoms with Crippen LogP contribution in [0.15, 0.2) is 34.9 Å². The van der Waals surface area contributed by atoms with Crippen LogP contribution in [0.2, 0.25) is 0 Å². The van der Waals surface area contributed by atoms with E-state index >= 15 is 0 Å². The van der Waals surface area contributed by atoms with Crippen LogP contribution in [0.25, 0.3) is 0 Å². The molecule has 1 aromatic carbocycles. The van der Waals surface area contributed by atoms with Gasteiger partial charge in [0, 0.05) is 0 Å². The van der Waals surface area contributed by atoms with E-state index in [1.165, 1.54) is 6.07 Å². The number of hydrogen-bond donors (Lipinski definition) is 1. The maximum Gasteiger partial charge on any atom is 0.143 e. The van der Waals surface area contributed by atoms with Crippen LogP contribution in [-0.4, -0.2) is 0 Å². The first kappa shape index (κ1) is 11.2. The summed E-state index contributed by atoms with van der Waals surface area (Å²) >= 11 is 0. The monoisotopic (exact) mass is 230 g/mol. The number of anilines is 1. The third-order valence-electron chi connectivity index (χ3n) is 2.53. The molecule has 0 fully saturated rings. The van der Waals surface area contributed by atoms with E-state index in [0.29, 0.717) is 12.2 Å². The average molecular weight is 230 g/mol. The number of nitrogens with one attached hydrogen (secondary N) is 1. The number of aryl methyl sites for hydroxylation is 1. The van der Waals surface area contributed by atoms with Gasteiger partial charge in [0.25, 0.3) is 0 Å². The Kier molecular flexibility index (Phi) is 3.10. The van der Waals surface area contributed by atoms with Crippen LogP contribution in [0.1, 0.15) is 16.9 Å². The highest BCUT2D eigenvalue weighted by Gasteiger charge is 2.08. The van der Waals surface area contributed by atoms with Gasteiger partial charge < -0.3 is 9.73 Å². The van der Waals surface area contributed by atoms with Gasteiger partial charge >= 0.3 is 0 Å². The summed E-state index contributed by atoms with van der Waals surface area (Å²) in [5.74, 6) is 0.256. The molecular weight excluding hydrogens is 219 g/mol. The molecule has 1 heterocycles. The predicted octanol–water partition coefficient (Wildman–Crippen LogP) is 3.21. The third kappa shape index (κ3) is 2.28. The fraction of sp³-hybridized carbons (Fsp3) is 0.154. The Morgan fingerprint density at radius 2 is 2.24 bits per heavy atom. The molecule has 0 aliphatic carbocycles. The molecule has 0 saturated carbocycles. The fourth-order valence-corrected chi connectivity index (χ4v) is 1.55. The van der Waals surface area contributed by atoms with Gasteiger partial charge in [-0.1, -0.05) is 6.07 Å². The molecular formula is C13H11FN2O. The number of rotatable bonds is 3. The summed E-state index contributed by atoms with van der Waals surface area (Å²) in [7, 11) is 0.